The monoisotopic (exact) mass is 725 g/mol. The molecule has 0 saturated carbocycles. The van der Waals surface area contributed by atoms with E-state index in [-0.39, 0.29) is 6.71 Å². The minimum atomic E-state index is -2.71. The van der Waals surface area contributed by atoms with Gasteiger partial charge < -0.3 is 4.90 Å². The predicted molar refractivity (Wildman–Crippen MR) is 233 cm³/mol. The summed E-state index contributed by atoms with van der Waals surface area (Å²) in [6.07, 6.45) is 0. The Hall–Kier alpha value is -5.59. The van der Waals surface area contributed by atoms with Crippen LogP contribution in [0.1, 0.15) is 0 Å². The highest BCUT2D eigenvalue weighted by Gasteiger charge is 2.49. The zero-order valence-corrected chi connectivity index (χ0v) is 31.4. The first-order chi connectivity index (χ1) is 26.3. The molecular weight excluding hydrogens is 694 g/mol. The molecule has 0 radical (unpaired) electrons. The van der Waals surface area contributed by atoms with Crippen LogP contribution in [-0.2, 0) is 0 Å². The molecule has 0 saturated heterocycles. The molecule has 0 aliphatic carbocycles. The molecule has 9 aromatic rings. The lowest BCUT2D eigenvalue weighted by atomic mass is 9.36. The van der Waals surface area contributed by atoms with Gasteiger partial charge in [0.25, 0.3) is 0 Å². The Morgan fingerprint density at radius 3 is 1.43 bits per heavy atom. The van der Waals surface area contributed by atoms with E-state index in [1.165, 1.54) is 84.2 Å². The Labute approximate surface area is 319 Å². The van der Waals surface area contributed by atoms with Gasteiger partial charge in [0, 0.05) is 36.0 Å². The van der Waals surface area contributed by atoms with Crippen LogP contribution < -0.4 is 42.0 Å². The molecule has 0 amide bonds. The quantitative estimate of drug-likeness (QED) is 0.169. The third-order valence-corrected chi connectivity index (χ3v) is 18.4. The van der Waals surface area contributed by atoms with Crippen molar-refractivity contribution in [2.75, 3.05) is 4.90 Å². The lowest BCUT2D eigenvalue weighted by molar-refractivity contribution is 1.31. The molecule has 248 valence electrons. The number of nitrogens with zero attached hydrogens (tertiary/aromatic N) is 1. The maximum absolute atomic E-state index is 2.71. The Balaban J connectivity index is 1.23. The van der Waals surface area contributed by atoms with Crippen LogP contribution in [0.4, 0.5) is 17.1 Å². The van der Waals surface area contributed by atoms with Gasteiger partial charge in [-0.05, 0) is 68.6 Å². The van der Waals surface area contributed by atoms with E-state index in [1.54, 1.807) is 0 Å². The smallest absolute Gasteiger partial charge is 0.245 e. The molecule has 5 heteroatoms. The molecule has 0 N–H and O–H groups in total. The highest BCUT2D eigenvalue weighted by molar-refractivity contribution is 8.00. The predicted octanol–water partition coefficient (Wildman–Crippen LogP) is 8.20. The Morgan fingerprint density at radius 2 is 0.830 bits per heavy atom. The summed E-state index contributed by atoms with van der Waals surface area (Å²) in [5.41, 5.74) is 7.90. The van der Waals surface area contributed by atoms with Crippen LogP contribution in [0, 0.1) is 0 Å². The molecule has 0 spiro atoms. The minimum absolute atomic E-state index is 0.135. The van der Waals surface area contributed by atoms with E-state index in [1.807, 2.05) is 23.1 Å². The lowest BCUT2D eigenvalue weighted by Crippen LogP contribution is -2.77. The second kappa shape index (κ2) is 12.2. The van der Waals surface area contributed by atoms with Crippen molar-refractivity contribution in [2.24, 2.45) is 0 Å². The molecule has 1 nitrogen and oxygen atoms in total. The van der Waals surface area contributed by atoms with Gasteiger partial charge in [0.15, 0.2) is 8.07 Å². The van der Waals surface area contributed by atoms with E-state index in [9.17, 15) is 0 Å². The van der Waals surface area contributed by atoms with Gasteiger partial charge >= 0.3 is 0 Å². The summed E-state index contributed by atoms with van der Waals surface area (Å²) in [6.45, 7) is 0.135. The Morgan fingerprint density at radius 1 is 0.377 bits per heavy atom. The molecule has 0 bridgehead atoms. The van der Waals surface area contributed by atoms with Crippen molar-refractivity contribution in [2.45, 2.75) is 9.79 Å². The fourth-order valence-corrected chi connectivity index (χ4v) is 16.6. The van der Waals surface area contributed by atoms with Crippen molar-refractivity contribution in [3.8, 4) is 0 Å². The number of para-hydroxylation sites is 2. The van der Waals surface area contributed by atoms with E-state index in [0.717, 1.165) is 0 Å². The molecular formula is C48H32BNS2Si. The molecule has 0 atom stereocenters. The second-order valence-electron chi connectivity index (χ2n) is 13.9. The topological polar surface area (TPSA) is 3.24 Å². The van der Waals surface area contributed by atoms with Crippen LogP contribution in [0.2, 0.25) is 0 Å². The van der Waals surface area contributed by atoms with Crippen LogP contribution >= 0.6 is 23.1 Å². The third kappa shape index (κ3) is 4.51. The van der Waals surface area contributed by atoms with E-state index in [2.05, 4.69) is 199 Å². The summed E-state index contributed by atoms with van der Waals surface area (Å²) in [7, 11) is -2.71. The first kappa shape index (κ1) is 31.0. The van der Waals surface area contributed by atoms with Crippen LogP contribution in [0.3, 0.4) is 0 Å². The number of hydrogen-bond donors (Lipinski definition) is 0. The van der Waals surface area contributed by atoms with Gasteiger partial charge in [0.1, 0.15) is 0 Å². The number of anilines is 3. The summed E-state index contributed by atoms with van der Waals surface area (Å²) >= 11 is 3.81. The standard InChI is InChI=1S/C48H32BNS2Si/c1-3-17-33(18-4-1)53(34-19-5-2-6-20-34)45-31-13-9-24-38(45)50(39-25-10-14-32-46(39)53)40-26-16-30-44-48(40)47-37(23-15-29-43(47)52-44)49-35-21-7-11-27-41(35)51-42-28-12-8-22-36(42)49/h1-32H. The zero-order valence-electron chi connectivity index (χ0n) is 28.8. The van der Waals surface area contributed by atoms with Crippen LogP contribution in [0.15, 0.2) is 204 Å². The molecule has 2 aliphatic rings. The van der Waals surface area contributed by atoms with Gasteiger partial charge in [0.05, 0.1) is 5.69 Å². The fraction of sp³-hybridized carbons (Fsp3) is 0. The van der Waals surface area contributed by atoms with Gasteiger partial charge in [0.2, 0.25) is 6.71 Å². The van der Waals surface area contributed by atoms with E-state index in [4.69, 9.17) is 0 Å². The van der Waals surface area contributed by atoms with E-state index < -0.39 is 8.07 Å². The van der Waals surface area contributed by atoms with Crippen LogP contribution in [0.5, 0.6) is 0 Å². The summed E-state index contributed by atoms with van der Waals surface area (Å²) < 4.78 is 2.64. The molecule has 11 rings (SSSR count). The van der Waals surface area contributed by atoms with Crippen LogP contribution in [-0.4, -0.2) is 14.8 Å². The summed E-state index contributed by atoms with van der Waals surface area (Å²) in [5.74, 6) is 0. The van der Waals surface area contributed by atoms with Crippen molar-refractivity contribution in [3.63, 3.8) is 0 Å². The van der Waals surface area contributed by atoms with Gasteiger partial charge in [-0.2, -0.15) is 0 Å². The van der Waals surface area contributed by atoms with Gasteiger partial charge in [-0.25, -0.2) is 0 Å². The molecule has 0 unspecified atom stereocenters. The van der Waals surface area contributed by atoms with Crippen LogP contribution in [0.25, 0.3) is 20.2 Å². The maximum Gasteiger partial charge on any atom is 0.245 e. The van der Waals surface area contributed by atoms with Crippen molar-refractivity contribution >= 4 is 112 Å². The lowest BCUT2D eigenvalue weighted by Gasteiger charge is -2.45. The third-order valence-electron chi connectivity index (χ3n) is 11.3. The second-order valence-corrected chi connectivity index (χ2v) is 19.8. The van der Waals surface area contributed by atoms with E-state index in [0.29, 0.717) is 0 Å². The molecule has 1 aromatic heterocycles. The SMILES string of the molecule is c1ccc([Si]2(c3ccccc3)c3ccccc3N(c3cccc4sc5cccc(B6c7ccccc7Sc7ccccc76)c5c34)c3ccccc32)cc1. The first-order valence-corrected chi connectivity index (χ1v) is 21.9. The number of rotatable bonds is 4. The molecule has 8 aromatic carbocycles. The average molecular weight is 726 g/mol. The maximum atomic E-state index is 2.59. The molecule has 0 fully saturated rings. The largest absolute Gasteiger partial charge is 0.310 e. The molecule has 2 aliphatic heterocycles. The first-order valence-electron chi connectivity index (χ1n) is 18.2. The van der Waals surface area contributed by atoms with Gasteiger partial charge in [-0.15, -0.1) is 11.3 Å². The normalized spacial score (nSPS) is 14.0. The molecule has 53 heavy (non-hydrogen) atoms. The van der Waals surface area contributed by atoms with Crippen molar-refractivity contribution in [1.29, 1.82) is 0 Å². The van der Waals surface area contributed by atoms with E-state index >= 15 is 0 Å². The summed E-state index contributed by atoms with van der Waals surface area (Å²) in [5, 5.41) is 8.33. The number of hydrogen-bond acceptors (Lipinski definition) is 3. The van der Waals surface area contributed by atoms with Crippen molar-refractivity contribution < 1.29 is 0 Å². The average Bonchev–Trinajstić information content (AvgIpc) is 3.62. The Bertz CT molecular complexity index is 2720. The Kier molecular flexibility index (Phi) is 7.16. The highest BCUT2D eigenvalue weighted by Crippen LogP contribution is 2.46. The summed E-state index contributed by atoms with van der Waals surface area (Å²) in [4.78, 5) is 5.27. The minimum Gasteiger partial charge on any atom is -0.310 e. The fourth-order valence-electron chi connectivity index (χ4n) is 9.22. The number of thiophene rings is 1. The van der Waals surface area contributed by atoms with Gasteiger partial charge in [-0.1, -0.05) is 180 Å². The van der Waals surface area contributed by atoms with Gasteiger partial charge in [-0.3, -0.25) is 0 Å². The number of fused-ring (bicyclic) bond motifs is 7. The van der Waals surface area contributed by atoms with Crippen molar-refractivity contribution in [3.05, 3.63) is 194 Å². The highest BCUT2D eigenvalue weighted by atomic mass is 32.2. The molecule has 3 heterocycles. The zero-order chi connectivity index (χ0) is 34.9. The van der Waals surface area contributed by atoms with Crippen molar-refractivity contribution in [1.82, 2.24) is 0 Å². The number of benzene rings is 8. The summed E-state index contributed by atoms with van der Waals surface area (Å²) in [6, 6.07) is 73.0.